The molecule has 0 heterocycles. The Morgan fingerprint density at radius 3 is 2.52 bits per heavy atom. The van der Waals surface area contributed by atoms with Gasteiger partial charge in [0.25, 0.3) is 0 Å². The van der Waals surface area contributed by atoms with Gasteiger partial charge in [-0.25, -0.2) is 8.78 Å². The Balaban J connectivity index is 2.16. The van der Waals surface area contributed by atoms with Gasteiger partial charge in [-0.15, -0.1) is 0 Å². The van der Waals surface area contributed by atoms with Crippen molar-refractivity contribution < 1.29 is 13.6 Å². The summed E-state index contributed by atoms with van der Waals surface area (Å²) in [5.41, 5.74) is 0.742. The fourth-order valence-electron chi connectivity index (χ4n) is 2.33. The number of nitrogens with one attached hydrogen (secondary N) is 1. The van der Waals surface area contributed by atoms with Crippen LogP contribution in [0.3, 0.4) is 0 Å². The number of carbonyl (C=O) groups is 1. The quantitative estimate of drug-likeness (QED) is 0.904. The zero-order chi connectivity index (χ0) is 17.0. The fourth-order valence-corrected chi connectivity index (χ4v) is 2.56. The maximum absolute atomic E-state index is 13.7. The van der Waals surface area contributed by atoms with Crippen LogP contribution < -0.4 is 5.32 Å². The topological polar surface area (TPSA) is 32.3 Å². The van der Waals surface area contributed by atoms with Gasteiger partial charge in [0.2, 0.25) is 5.91 Å². The number of rotatable bonds is 5. The van der Waals surface area contributed by atoms with E-state index in [2.05, 4.69) is 5.32 Å². The molecule has 0 saturated heterocycles. The third-order valence-electron chi connectivity index (χ3n) is 3.43. The number of nitrogens with zero attached hydrogens (tertiary/aromatic N) is 1. The first-order chi connectivity index (χ1) is 10.9. The summed E-state index contributed by atoms with van der Waals surface area (Å²) in [6.07, 6.45) is 0. The molecule has 2 aromatic rings. The summed E-state index contributed by atoms with van der Waals surface area (Å²) in [5, 5.41) is 2.90. The molecular weight excluding hydrogens is 322 g/mol. The predicted molar refractivity (Wildman–Crippen MR) is 86.1 cm³/mol. The first-order valence-electron chi connectivity index (χ1n) is 7.02. The fraction of sp³-hybridized carbons (Fsp3) is 0.235. The average molecular weight is 339 g/mol. The Kier molecular flexibility index (Phi) is 5.69. The van der Waals surface area contributed by atoms with Gasteiger partial charge < -0.3 is 5.32 Å². The lowest BCUT2D eigenvalue weighted by molar-refractivity contribution is -0.125. The smallest absolute Gasteiger partial charge is 0.242 e. The summed E-state index contributed by atoms with van der Waals surface area (Å²) in [5.74, 6) is -1.26. The van der Waals surface area contributed by atoms with E-state index in [0.717, 1.165) is 0 Å². The van der Waals surface area contributed by atoms with E-state index in [4.69, 9.17) is 11.6 Å². The van der Waals surface area contributed by atoms with Gasteiger partial charge in [-0.3, -0.25) is 9.69 Å². The van der Waals surface area contributed by atoms with Crippen LogP contribution in [0, 0.1) is 11.6 Å². The summed E-state index contributed by atoms with van der Waals surface area (Å²) in [6.45, 7) is -0.0377. The van der Waals surface area contributed by atoms with Crippen LogP contribution in [0.15, 0.2) is 42.5 Å². The minimum Gasteiger partial charge on any atom is -0.350 e. The Labute approximate surface area is 138 Å². The van der Waals surface area contributed by atoms with E-state index in [0.29, 0.717) is 5.56 Å². The second kappa shape index (κ2) is 7.53. The molecule has 23 heavy (non-hydrogen) atoms. The molecular formula is C17H17ClF2N2O. The highest BCUT2D eigenvalue weighted by molar-refractivity contribution is 6.31. The third kappa shape index (κ3) is 4.27. The van der Waals surface area contributed by atoms with Crippen LogP contribution in [0.1, 0.15) is 17.2 Å². The van der Waals surface area contributed by atoms with Crippen molar-refractivity contribution in [1.29, 1.82) is 0 Å². The number of hydrogen-bond acceptors (Lipinski definition) is 2. The highest BCUT2D eigenvalue weighted by Crippen LogP contribution is 2.21. The van der Waals surface area contributed by atoms with Crippen molar-refractivity contribution in [3.63, 3.8) is 0 Å². The van der Waals surface area contributed by atoms with Crippen LogP contribution in [0.2, 0.25) is 5.02 Å². The molecule has 0 unspecified atom stereocenters. The van der Waals surface area contributed by atoms with Crippen LogP contribution in [0.4, 0.5) is 8.78 Å². The van der Waals surface area contributed by atoms with E-state index < -0.39 is 17.7 Å². The molecule has 0 fully saturated rings. The highest BCUT2D eigenvalue weighted by atomic mass is 35.5. The van der Waals surface area contributed by atoms with Crippen LogP contribution in [0.5, 0.6) is 0 Å². The molecule has 0 aromatic heterocycles. The third-order valence-corrected chi connectivity index (χ3v) is 3.78. The lowest BCUT2D eigenvalue weighted by Gasteiger charge is -2.24. The molecule has 0 radical (unpaired) electrons. The van der Waals surface area contributed by atoms with E-state index >= 15 is 0 Å². The van der Waals surface area contributed by atoms with Gasteiger partial charge in [-0.2, -0.15) is 0 Å². The predicted octanol–water partition coefficient (Wildman–Crippen LogP) is 3.54. The molecule has 0 aliphatic rings. The molecule has 0 spiro atoms. The van der Waals surface area contributed by atoms with Gasteiger partial charge in [-0.05, 0) is 43.9 Å². The maximum Gasteiger partial charge on any atom is 0.242 e. The normalized spacial score (nSPS) is 12.3. The summed E-state index contributed by atoms with van der Waals surface area (Å²) >= 11 is 5.94. The van der Waals surface area contributed by atoms with E-state index in [1.54, 1.807) is 37.2 Å². The summed E-state index contributed by atoms with van der Waals surface area (Å²) in [7, 11) is 3.43. The van der Waals surface area contributed by atoms with Crippen LogP contribution in [-0.4, -0.2) is 24.9 Å². The molecule has 0 bridgehead atoms. The molecule has 0 saturated carbocycles. The van der Waals surface area contributed by atoms with Crippen molar-refractivity contribution in [3.8, 4) is 0 Å². The van der Waals surface area contributed by atoms with E-state index in [9.17, 15) is 13.6 Å². The number of carbonyl (C=O) groups excluding carboxylic acids is 1. The highest BCUT2D eigenvalue weighted by Gasteiger charge is 2.23. The Bertz CT molecular complexity index is 686. The van der Waals surface area contributed by atoms with Gasteiger partial charge >= 0.3 is 0 Å². The minimum absolute atomic E-state index is 0.0377. The van der Waals surface area contributed by atoms with Crippen molar-refractivity contribution in [1.82, 2.24) is 10.2 Å². The van der Waals surface area contributed by atoms with Crippen LogP contribution in [0.25, 0.3) is 0 Å². The second-order valence-corrected chi connectivity index (χ2v) is 5.75. The van der Waals surface area contributed by atoms with Crippen molar-refractivity contribution in [3.05, 3.63) is 70.2 Å². The Morgan fingerprint density at radius 2 is 1.91 bits per heavy atom. The lowest BCUT2D eigenvalue weighted by Crippen LogP contribution is -2.37. The Hall–Kier alpha value is -1.98. The number of benzene rings is 2. The van der Waals surface area contributed by atoms with Gasteiger partial charge in [0.05, 0.1) is 0 Å². The monoisotopic (exact) mass is 338 g/mol. The van der Waals surface area contributed by atoms with Crippen molar-refractivity contribution >= 4 is 17.5 Å². The SMILES string of the molecule is CN(C)[C@H](C(=O)NCc1c(F)cccc1Cl)c1cccc(F)c1. The van der Waals surface area contributed by atoms with Gasteiger partial charge in [0, 0.05) is 17.1 Å². The van der Waals surface area contributed by atoms with Gasteiger partial charge in [0.15, 0.2) is 0 Å². The Morgan fingerprint density at radius 1 is 1.22 bits per heavy atom. The van der Waals surface area contributed by atoms with Gasteiger partial charge in [-0.1, -0.05) is 29.8 Å². The molecule has 0 aliphatic carbocycles. The van der Waals surface area contributed by atoms with Crippen LogP contribution >= 0.6 is 11.6 Å². The summed E-state index contributed by atoms with van der Waals surface area (Å²) in [4.78, 5) is 14.1. The summed E-state index contributed by atoms with van der Waals surface area (Å²) < 4.78 is 27.1. The van der Waals surface area contributed by atoms with Crippen molar-refractivity contribution in [2.45, 2.75) is 12.6 Å². The number of likely N-dealkylation sites (N-methyl/N-ethyl adjacent to an activating group) is 1. The summed E-state index contributed by atoms with van der Waals surface area (Å²) in [6, 6.07) is 9.49. The largest absolute Gasteiger partial charge is 0.350 e. The molecule has 6 heteroatoms. The van der Waals surface area contributed by atoms with Gasteiger partial charge in [0.1, 0.15) is 17.7 Å². The zero-order valence-electron chi connectivity index (χ0n) is 12.8. The molecule has 3 nitrogen and oxygen atoms in total. The molecule has 0 aliphatic heterocycles. The average Bonchev–Trinajstić information content (AvgIpc) is 2.46. The second-order valence-electron chi connectivity index (χ2n) is 5.34. The minimum atomic E-state index is -0.684. The van der Waals surface area contributed by atoms with E-state index in [-0.39, 0.29) is 23.0 Å². The molecule has 122 valence electrons. The maximum atomic E-state index is 13.7. The molecule has 1 atom stereocenters. The first kappa shape index (κ1) is 17.4. The van der Waals surface area contributed by atoms with Crippen LogP contribution in [-0.2, 0) is 11.3 Å². The standard InChI is InChI=1S/C17H17ClF2N2O/c1-22(2)16(11-5-3-6-12(19)9-11)17(23)21-10-13-14(18)7-4-8-15(13)20/h3-9,16H,10H2,1-2H3,(H,21,23)/t16-/m0/s1. The molecule has 2 rings (SSSR count). The van der Waals surface area contributed by atoms with E-state index in [1.807, 2.05) is 0 Å². The van der Waals surface area contributed by atoms with Crippen molar-refractivity contribution in [2.75, 3.05) is 14.1 Å². The first-order valence-corrected chi connectivity index (χ1v) is 7.40. The van der Waals surface area contributed by atoms with E-state index in [1.165, 1.54) is 24.3 Å². The number of halogens is 3. The molecule has 1 N–H and O–H groups in total. The van der Waals surface area contributed by atoms with Crippen molar-refractivity contribution in [2.24, 2.45) is 0 Å². The molecule has 1 amide bonds. The molecule has 2 aromatic carbocycles. The zero-order valence-corrected chi connectivity index (χ0v) is 13.6. The number of hydrogen-bond donors (Lipinski definition) is 1. The number of amides is 1. The lowest BCUT2D eigenvalue weighted by atomic mass is 10.0.